The summed E-state index contributed by atoms with van der Waals surface area (Å²) in [7, 11) is 0. The molecule has 0 radical (unpaired) electrons. The van der Waals surface area contributed by atoms with E-state index in [4.69, 9.17) is 14.2 Å². The fraction of sp³-hybridized carbons (Fsp3) is 0.538. The summed E-state index contributed by atoms with van der Waals surface area (Å²) in [6.45, 7) is 0.891. The van der Waals surface area contributed by atoms with Crippen LogP contribution in [0.25, 0.3) is 0 Å². The summed E-state index contributed by atoms with van der Waals surface area (Å²) in [5.41, 5.74) is -0.390. The number of halogens is 1. The van der Waals surface area contributed by atoms with Gasteiger partial charge in [0.2, 0.25) is 5.75 Å². The van der Waals surface area contributed by atoms with Gasteiger partial charge in [0.25, 0.3) is 0 Å². The van der Waals surface area contributed by atoms with Gasteiger partial charge in [-0.15, -0.1) is 0 Å². The Morgan fingerprint density at radius 3 is 2.95 bits per heavy atom. The van der Waals surface area contributed by atoms with E-state index in [0.717, 1.165) is 25.3 Å². The molecule has 0 aromatic heterocycles. The predicted molar refractivity (Wildman–Crippen MR) is 68.1 cm³/mol. The van der Waals surface area contributed by atoms with Crippen molar-refractivity contribution < 1.29 is 23.5 Å². The molecule has 110 valence electrons. The van der Waals surface area contributed by atoms with E-state index >= 15 is 0 Å². The lowest BCUT2D eigenvalue weighted by atomic mass is 10.2. The van der Waals surface area contributed by atoms with Gasteiger partial charge in [0, 0.05) is 12.7 Å². The zero-order chi connectivity index (χ0) is 14.4. The largest absolute Gasteiger partial charge is 0.482 e. The monoisotopic (exact) mass is 285 g/mol. The summed E-state index contributed by atoms with van der Waals surface area (Å²) in [5, 5.41) is 10.8. The number of nitro groups is 1. The molecule has 2 rings (SSSR count). The number of nitro benzene ring substituents is 1. The van der Waals surface area contributed by atoms with Crippen LogP contribution in [0.4, 0.5) is 10.1 Å². The normalized spacial score (nSPS) is 18.8. The van der Waals surface area contributed by atoms with E-state index in [1.54, 1.807) is 0 Å². The average molecular weight is 285 g/mol. The van der Waals surface area contributed by atoms with Crippen molar-refractivity contribution in [3.05, 3.63) is 34.1 Å². The molecule has 0 saturated carbocycles. The van der Waals surface area contributed by atoms with Crippen molar-refractivity contribution in [2.45, 2.75) is 25.6 Å². The van der Waals surface area contributed by atoms with E-state index < -0.39 is 10.7 Å². The SMILES string of the molecule is O=[N+]([O-])c1cccc(F)c1OCCOC1CCCCO1. The fourth-order valence-electron chi connectivity index (χ4n) is 1.95. The lowest BCUT2D eigenvalue weighted by molar-refractivity contribution is -0.386. The molecule has 1 aliphatic heterocycles. The first-order chi connectivity index (χ1) is 9.68. The summed E-state index contributed by atoms with van der Waals surface area (Å²) in [5.74, 6) is -1.11. The minimum atomic E-state index is -0.756. The smallest absolute Gasteiger partial charge is 0.314 e. The van der Waals surface area contributed by atoms with E-state index in [2.05, 4.69) is 0 Å². The van der Waals surface area contributed by atoms with Crippen molar-refractivity contribution in [1.82, 2.24) is 0 Å². The van der Waals surface area contributed by atoms with Crippen LogP contribution in [0.3, 0.4) is 0 Å². The summed E-state index contributed by atoms with van der Waals surface area (Å²) >= 11 is 0. The molecule has 20 heavy (non-hydrogen) atoms. The van der Waals surface area contributed by atoms with Gasteiger partial charge in [-0.2, -0.15) is 0 Å². The Morgan fingerprint density at radius 1 is 1.40 bits per heavy atom. The van der Waals surface area contributed by atoms with Crippen LogP contribution >= 0.6 is 0 Å². The fourth-order valence-corrected chi connectivity index (χ4v) is 1.95. The highest BCUT2D eigenvalue weighted by atomic mass is 19.1. The molecule has 0 spiro atoms. The van der Waals surface area contributed by atoms with Gasteiger partial charge in [-0.25, -0.2) is 4.39 Å². The lowest BCUT2D eigenvalue weighted by Gasteiger charge is -2.22. The van der Waals surface area contributed by atoms with Crippen LogP contribution in [-0.2, 0) is 9.47 Å². The maximum absolute atomic E-state index is 13.5. The van der Waals surface area contributed by atoms with Gasteiger partial charge in [0.05, 0.1) is 11.5 Å². The molecular weight excluding hydrogens is 269 g/mol. The Hall–Kier alpha value is -1.73. The van der Waals surface area contributed by atoms with Crippen LogP contribution in [0.15, 0.2) is 18.2 Å². The summed E-state index contributed by atoms with van der Waals surface area (Å²) < 4.78 is 29.4. The highest BCUT2D eigenvalue weighted by molar-refractivity contribution is 5.46. The molecular formula is C13H16FNO5. The average Bonchev–Trinajstić information content (AvgIpc) is 2.45. The summed E-state index contributed by atoms with van der Waals surface area (Å²) in [6, 6.07) is 3.59. The quantitative estimate of drug-likeness (QED) is 0.456. The second-order valence-electron chi connectivity index (χ2n) is 4.36. The zero-order valence-corrected chi connectivity index (χ0v) is 10.9. The van der Waals surface area contributed by atoms with Crippen LogP contribution in [-0.4, -0.2) is 31.0 Å². The number of hydrogen-bond acceptors (Lipinski definition) is 5. The van der Waals surface area contributed by atoms with Crippen molar-refractivity contribution >= 4 is 5.69 Å². The number of para-hydroxylation sites is 1. The first-order valence-corrected chi connectivity index (χ1v) is 6.47. The van der Waals surface area contributed by atoms with E-state index in [-0.39, 0.29) is 30.9 Å². The Kier molecular flexibility index (Phi) is 5.25. The lowest BCUT2D eigenvalue weighted by Crippen LogP contribution is -2.24. The number of rotatable bonds is 6. The van der Waals surface area contributed by atoms with Gasteiger partial charge < -0.3 is 14.2 Å². The van der Waals surface area contributed by atoms with E-state index in [1.165, 1.54) is 12.1 Å². The van der Waals surface area contributed by atoms with Crippen molar-refractivity contribution in [1.29, 1.82) is 0 Å². The first kappa shape index (κ1) is 14.7. The van der Waals surface area contributed by atoms with Crippen LogP contribution in [0, 0.1) is 15.9 Å². The Morgan fingerprint density at radius 2 is 2.25 bits per heavy atom. The maximum atomic E-state index is 13.5. The Labute approximate surface area is 115 Å². The third kappa shape index (κ3) is 3.88. The Bertz CT molecular complexity index is 462. The molecule has 1 atom stereocenters. The van der Waals surface area contributed by atoms with Crippen molar-refractivity contribution in [3.63, 3.8) is 0 Å². The molecule has 1 heterocycles. The molecule has 0 N–H and O–H groups in total. The van der Waals surface area contributed by atoms with Crippen molar-refractivity contribution in [2.75, 3.05) is 19.8 Å². The Balaban J connectivity index is 1.83. The molecule has 1 unspecified atom stereocenters. The molecule has 0 amide bonds. The summed E-state index contributed by atoms with van der Waals surface area (Å²) in [6.07, 6.45) is 2.63. The maximum Gasteiger partial charge on any atom is 0.314 e. The number of nitrogens with zero attached hydrogens (tertiary/aromatic N) is 1. The predicted octanol–water partition coefficient (Wildman–Crippen LogP) is 2.66. The molecule has 6 nitrogen and oxygen atoms in total. The highest BCUT2D eigenvalue weighted by Gasteiger charge is 2.19. The van der Waals surface area contributed by atoms with E-state index in [1.807, 2.05) is 0 Å². The molecule has 1 fully saturated rings. The number of benzene rings is 1. The second-order valence-corrected chi connectivity index (χ2v) is 4.36. The topological polar surface area (TPSA) is 70.8 Å². The highest BCUT2D eigenvalue weighted by Crippen LogP contribution is 2.29. The first-order valence-electron chi connectivity index (χ1n) is 6.47. The zero-order valence-electron chi connectivity index (χ0n) is 10.9. The molecule has 0 bridgehead atoms. The molecule has 1 aromatic rings. The van der Waals surface area contributed by atoms with Crippen LogP contribution < -0.4 is 4.74 Å². The minimum absolute atomic E-state index is 0.0294. The number of ether oxygens (including phenoxy) is 3. The second kappa shape index (κ2) is 7.16. The van der Waals surface area contributed by atoms with Crippen LogP contribution in [0.1, 0.15) is 19.3 Å². The molecule has 1 aromatic carbocycles. The number of hydrogen-bond donors (Lipinski definition) is 0. The third-order valence-electron chi connectivity index (χ3n) is 2.91. The molecule has 0 aliphatic carbocycles. The molecule has 7 heteroatoms. The van der Waals surface area contributed by atoms with Gasteiger partial charge in [0.1, 0.15) is 6.61 Å². The van der Waals surface area contributed by atoms with E-state index in [0.29, 0.717) is 6.61 Å². The van der Waals surface area contributed by atoms with Crippen molar-refractivity contribution in [2.24, 2.45) is 0 Å². The van der Waals surface area contributed by atoms with Gasteiger partial charge in [-0.1, -0.05) is 6.07 Å². The van der Waals surface area contributed by atoms with Gasteiger partial charge in [-0.05, 0) is 25.3 Å². The minimum Gasteiger partial charge on any atom is -0.482 e. The van der Waals surface area contributed by atoms with Gasteiger partial charge >= 0.3 is 5.69 Å². The van der Waals surface area contributed by atoms with Gasteiger partial charge in [0.15, 0.2) is 12.1 Å². The summed E-state index contributed by atoms with van der Waals surface area (Å²) in [4.78, 5) is 10.1. The molecule has 1 saturated heterocycles. The van der Waals surface area contributed by atoms with Crippen molar-refractivity contribution in [3.8, 4) is 5.75 Å². The third-order valence-corrected chi connectivity index (χ3v) is 2.91. The van der Waals surface area contributed by atoms with Crippen LogP contribution in [0.2, 0.25) is 0 Å². The van der Waals surface area contributed by atoms with E-state index in [9.17, 15) is 14.5 Å². The van der Waals surface area contributed by atoms with Gasteiger partial charge in [-0.3, -0.25) is 10.1 Å². The van der Waals surface area contributed by atoms with Crippen LogP contribution in [0.5, 0.6) is 5.75 Å². The standard InChI is InChI=1S/C13H16FNO5/c14-10-4-3-5-11(15(16)17)13(10)20-9-8-19-12-6-1-2-7-18-12/h3-5,12H,1-2,6-9H2. The molecule has 1 aliphatic rings.